The molecule has 2 fully saturated rings. The molecule has 1 aromatic rings. The zero-order valence-corrected chi connectivity index (χ0v) is 18.1. The lowest BCUT2D eigenvalue weighted by Crippen LogP contribution is -2.42. The standard InChI is InChI=1S/C21H37N5O3/c1-3-28-20(29-4-2)17-26-16-19(22-23-26)21(27)25-13-9-18(10-14-25)15-24-11-7-5-6-8-12-24/h16,18,20H,3-15,17H2,1-2H3. The molecular formula is C21H37N5O3. The largest absolute Gasteiger partial charge is 0.351 e. The molecule has 0 radical (unpaired) electrons. The van der Waals surface area contributed by atoms with Gasteiger partial charge in [0.2, 0.25) is 0 Å². The van der Waals surface area contributed by atoms with Crippen molar-refractivity contribution in [1.82, 2.24) is 24.8 Å². The molecular weight excluding hydrogens is 370 g/mol. The molecule has 164 valence electrons. The quantitative estimate of drug-likeness (QED) is 0.586. The van der Waals surface area contributed by atoms with E-state index >= 15 is 0 Å². The average molecular weight is 408 g/mol. The zero-order valence-electron chi connectivity index (χ0n) is 18.1. The van der Waals surface area contributed by atoms with Crippen LogP contribution in [0.1, 0.15) is 62.9 Å². The fourth-order valence-corrected chi connectivity index (χ4v) is 4.33. The van der Waals surface area contributed by atoms with Gasteiger partial charge in [0.15, 0.2) is 12.0 Å². The number of rotatable bonds is 9. The SMILES string of the molecule is CCOC(Cn1cc(C(=O)N2CCC(CN3CCCCCC3)CC2)nn1)OCC. The summed E-state index contributed by atoms with van der Waals surface area (Å²) in [5, 5.41) is 8.18. The first-order valence-electron chi connectivity index (χ1n) is 11.3. The first kappa shape index (κ1) is 22.2. The highest BCUT2D eigenvalue weighted by Crippen LogP contribution is 2.21. The molecule has 2 aliphatic rings. The topological polar surface area (TPSA) is 72.7 Å². The summed E-state index contributed by atoms with van der Waals surface area (Å²) < 4.78 is 12.7. The number of nitrogens with zero attached hydrogens (tertiary/aromatic N) is 5. The molecule has 0 aliphatic carbocycles. The van der Waals surface area contributed by atoms with E-state index in [1.807, 2.05) is 18.7 Å². The summed E-state index contributed by atoms with van der Waals surface area (Å²) >= 11 is 0. The van der Waals surface area contributed by atoms with Gasteiger partial charge in [-0.15, -0.1) is 5.10 Å². The molecule has 8 nitrogen and oxygen atoms in total. The van der Waals surface area contributed by atoms with Crippen molar-refractivity contribution in [3.8, 4) is 0 Å². The van der Waals surface area contributed by atoms with Crippen LogP contribution in [0.5, 0.6) is 0 Å². The molecule has 8 heteroatoms. The molecule has 0 unspecified atom stereocenters. The summed E-state index contributed by atoms with van der Waals surface area (Å²) in [5.74, 6) is 0.680. The Bertz CT molecular complexity index is 601. The highest BCUT2D eigenvalue weighted by molar-refractivity contribution is 5.91. The van der Waals surface area contributed by atoms with Crippen LogP contribution in [0.3, 0.4) is 0 Å². The Balaban J connectivity index is 1.46. The number of hydrogen-bond acceptors (Lipinski definition) is 6. The molecule has 0 atom stereocenters. The van der Waals surface area contributed by atoms with Gasteiger partial charge in [0.25, 0.3) is 5.91 Å². The normalized spacial score (nSPS) is 19.6. The molecule has 29 heavy (non-hydrogen) atoms. The van der Waals surface area contributed by atoms with Crippen LogP contribution >= 0.6 is 0 Å². The van der Waals surface area contributed by atoms with Crippen molar-refractivity contribution in [3.05, 3.63) is 11.9 Å². The predicted molar refractivity (Wildman–Crippen MR) is 111 cm³/mol. The van der Waals surface area contributed by atoms with E-state index in [4.69, 9.17) is 9.47 Å². The van der Waals surface area contributed by atoms with E-state index in [-0.39, 0.29) is 12.2 Å². The average Bonchev–Trinajstić information content (AvgIpc) is 3.04. The van der Waals surface area contributed by atoms with E-state index in [1.165, 1.54) is 45.3 Å². The van der Waals surface area contributed by atoms with Gasteiger partial charge in [0, 0.05) is 32.8 Å². The summed E-state index contributed by atoms with van der Waals surface area (Å²) in [5.41, 5.74) is 0.405. The smallest absolute Gasteiger partial charge is 0.276 e. The number of amides is 1. The number of carbonyl (C=O) groups is 1. The lowest BCUT2D eigenvalue weighted by atomic mass is 9.96. The fraction of sp³-hybridized carbons (Fsp3) is 0.857. The fourth-order valence-electron chi connectivity index (χ4n) is 4.33. The summed E-state index contributed by atoms with van der Waals surface area (Å²) in [6.45, 7) is 10.7. The first-order chi connectivity index (χ1) is 14.2. The van der Waals surface area contributed by atoms with Crippen LogP contribution in [-0.4, -0.2) is 82.9 Å². The number of aromatic nitrogens is 3. The van der Waals surface area contributed by atoms with Gasteiger partial charge in [0.05, 0.1) is 12.7 Å². The van der Waals surface area contributed by atoms with Crippen molar-refractivity contribution < 1.29 is 14.3 Å². The van der Waals surface area contributed by atoms with Crippen molar-refractivity contribution in [2.75, 3.05) is 45.9 Å². The molecule has 3 heterocycles. The second-order valence-corrected chi connectivity index (χ2v) is 8.12. The van der Waals surface area contributed by atoms with Crippen LogP contribution in [0, 0.1) is 5.92 Å². The minimum Gasteiger partial charge on any atom is -0.351 e. The molecule has 2 saturated heterocycles. The van der Waals surface area contributed by atoms with Crippen LogP contribution < -0.4 is 0 Å². The summed E-state index contributed by atoms with van der Waals surface area (Å²) in [7, 11) is 0. The minimum absolute atomic E-state index is 0.0196. The number of carbonyl (C=O) groups excluding carboxylic acids is 1. The zero-order chi connectivity index (χ0) is 20.5. The van der Waals surface area contributed by atoms with Crippen molar-refractivity contribution in [2.45, 2.75) is 65.2 Å². The third-order valence-electron chi connectivity index (χ3n) is 5.92. The van der Waals surface area contributed by atoms with Gasteiger partial charge >= 0.3 is 0 Å². The first-order valence-corrected chi connectivity index (χ1v) is 11.3. The number of ether oxygens (including phenoxy) is 2. The Morgan fingerprint density at radius 2 is 1.72 bits per heavy atom. The predicted octanol–water partition coefficient (Wildman–Crippen LogP) is 2.41. The van der Waals surface area contributed by atoms with Gasteiger partial charge in [0.1, 0.15) is 0 Å². The minimum atomic E-state index is -0.371. The maximum Gasteiger partial charge on any atom is 0.276 e. The van der Waals surface area contributed by atoms with E-state index in [1.54, 1.807) is 10.9 Å². The highest BCUT2D eigenvalue weighted by atomic mass is 16.7. The second-order valence-electron chi connectivity index (χ2n) is 8.12. The van der Waals surface area contributed by atoms with Gasteiger partial charge in [-0.2, -0.15) is 0 Å². The molecule has 0 aromatic carbocycles. The Morgan fingerprint density at radius 3 is 2.34 bits per heavy atom. The van der Waals surface area contributed by atoms with Crippen LogP contribution in [0.2, 0.25) is 0 Å². The third kappa shape index (κ3) is 6.76. The van der Waals surface area contributed by atoms with E-state index in [2.05, 4.69) is 15.2 Å². The lowest BCUT2D eigenvalue weighted by Gasteiger charge is -2.34. The van der Waals surface area contributed by atoms with Crippen LogP contribution in [-0.2, 0) is 16.0 Å². The Kier molecular flexibility index (Phi) is 8.89. The molecule has 1 amide bonds. The molecule has 2 aliphatic heterocycles. The summed E-state index contributed by atoms with van der Waals surface area (Å²) in [4.78, 5) is 17.4. The van der Waals surface area contributed by atoms with Gasteiger partial charge in [-0.05, 0) is 58.5 Å². The van der Waals surface area contributed by atoms with Gasteiger partial charge < -0.3 is 19.3 Å². The lowest BCUT2D eigenvalue weighted by molar-refractivity contribution is -0.145. The van der Waals surface area contributed by atoms with E-state index in [0.717, 1.165) is 25.9 Å². The number of hydrogen-bond donors (Lipinski definition) is 0. The third-order valence-corrected chi connectivity index (χ3v) is 5.92. The Labute approximate surface area is 174 Å². The molecule has 0 spiro atoms. The monoisotopic (exact) mass is 407 g/mol. The second kappa shape index (κ2) is 11.6. The van der Waals surface area contributed by atoms with Crippen molar-refractivity contribution in [3.63, 3.8) is 0 Å². The van der Waals surface area contributed by atoms with Crippen LogP contribution in [0.15, 0.2) is 6.20 Å². The molecule has 1 aromatic heterocycles. The summed E-state index contributed by atoms with van der Waals surface area (Å²) in [6.07, 6.45) is 8.90. The van der Waals surface area contributed by atoms with Crippen LogP contribution in [0.25, 0.3) is 0 Å². The number of likely N-dealkylation sites (tertiary alicyclic amines) is 2. The molecule has 0 saturated carbocycles. The van der Waals surface area contributed by atoms with Gasteiger partial charge in [-0.1, -0.05) is 18.1 Å². The molecule has 0 bridgehead atoms. The number of piperidine rings is 1. The van der Waals surface area contributed by atoms with E-state index in [9.17, 15) is 4.79 Å². The van der Waals surface area contributed by atoms with E-state index < -0.39 is 0 Å². The van der Waals surface area contributed by atoms with Crippen LogP contribution in [0.4, 0.5) is 0 Å². The van der Waals surface area contributed by atoms with E-state index in [0.29, 0.717) is 31.4 Å². The maximum absolute atomic E-state index is 12.8. The molecule has 3 rings (SSSR count). The van der Waals surface area contributed by atoms with Crippen molar-refractivity contribution in [2.24, 2.45) is 5.92 Å². The van der Waals surface area contributed by atoms with Gasteiger partial charge in [-0.3, -0.25) is 4.79 Å². The van der Waals surface area contributed by atoms with Crippen molar-refractivity contribution >= 4 is 5.91 Å². The Morgan fingerprint density at radius 1 is 1.07 bits per heavy atom. The molecule has 0 N–H and O–H groups in total. The van der Waals surface area contributed by atoms with Gasteiger partial charge in [-0.25, -0.2) is 4.68 Å². The van der Waals surface area contributed by atoms with Crippen molar-refractivity contribution in [1.29, 1.82) is 0 Å². The maximum atomic E-state index is 12.8. The highest BCUT2D eigenvalue weighted by Gasteiger charge is 2.27. The Hall–Kier alpha value is -1.51. The summed E-state index contributed by atoms with van der Waals surface area (Å²) in [6, 6.07) is 0.